The van der Waals surface area contributed by atoms with Gasteiger partial charge in [0.2, 0.25) is 11.8 Å². The Morgan fingerprint density at radius 2 is 1.60 bits per heavy atom. The molecule has 3 aliphatic heterocycles. The summed E-state index contributed by atoms with van der Waals surface area (Å²) < 4.78 is 14.3. The van der Waals surface area contributed by atoms with Crippen LogP contribution in [-0.2, 0) is 9.59 Å². The minimum Gasteiger partial charge on any atom is -0.352 e. The van der Waals surface area contributed by atoms with Crippen molar-refractivity contribution in [2.24, 2.45) is 11.8 Å². The van der Waals surface area contributed by atoms with Gasteiger partial charge in [-0.25, -0.2) is 9.29 Å². The van der Waals surface area contributed by atoms with Crippen LogP contribution in [0.1, 0.15) is 15.9 Å². The van der Waals surface area contributed by atoms with E-state index in [1.807, 2.05) is 23.1 Å². The van der Waals surface area contributed by atoms with E-state index in [-0.39, 0.29) is 5.78 Å². The first-order chi connectivity index (χ1) is 16.8. The monoisotopic (exact) mass is 550 g/mol. The molecule has 0 radical (unpaired) electrons. The van der Waals surface area contributed by atoms with Gasteiger partial charge in [-0.05, 0) is 60.2 Å². The molecule has 0 N–H and O–H groups in total. The summed E-state index contributed by atoms with van der Waals surface area (Å²) >= 11 is 9.59. The Morgan fingerprint density at radius 3 is 2.31 bits per heavy atom. The summed E-state index contributed by atoms with van der Waals surface area (Å²) in [6.45, 7) is 0. The highest BCUT2D eigenvalue weighted by atomic mass is 79.9. The van der Waals surface area contributed by atoms with E-state index in [0.717, 1.165) is 20.6 Å². The number of nitrogens with zero attached hydrogens (tertiary/aromatic N) is 2. The topological polar surface area (TPSA) is 57.7 Å². The number of rotatable bonds is 3. The van der Waals surface area contributed by atoms with E-state index >= 15 is 0 Å². The van der Waals surface area contributed by atoms with Crippen LogP contribution in [-0.4, -0.2) is 29.7 Å². The highest BCUT2D eigenvalue weighted by molar-refractivity contribution is 9.10. The lowest BCUT2D eigenvalue weighted by molar-refractivity contribution is -0.122. The molecule has 3 aliphatic rings. The molecule has 35 heavy (non-hydrogen) atoms. The molecule has 3 aromatic carbocycles. The largest absolute Gasteiger partial charge is 0.352 e. The van der Waals surface area contributed by atoms with Crippen molar-refractivity contribution in [1.82, 2.24) is 0 Å². The Bertz CT molecular complexity index is 1420. The van der Waals surface area contributed by atoms with Gasteiger partial charge in [-0.2, -0.15) is 0 Å². The van der Waals surface area contributed by atoms with Gasteiger partial charge in [-0.1, -0.05) is 51.8 Å². The van der Waals surface area contributed by atoms with E-state index in [0.29, 0.717) is 16.3 Å². The van der Waals surface area contributed by atoms with Gasteiger partial charge in [0.15, 0.2) is 5.78 Å². The number of hydrogen-bond acceptors (Lipinski definition) is 4. The standard InChI is InChI=1S/C27H17BrClFN2O3/c28-16-4-1-14(2-5-16)25(33)24-23-22(21-11-3-15-13-17(29)6-12-20(15)32(21)24)26(34)31(27(23)35)19-9-7-18(30)8-10-19/h1-13,21-24H/t21-,22+,23+,24-/m0/s1. The number of carbonyl (C=O) groups excluding carboxylic acids is 3. The Morgan fingerprint density at radius 1 is 0.914 bits per heavy atom. The van der Waals surface area contributed by atoms with Crippen LogP contribution in [0.5, 0.6) is 0 Å². The summed E-state index contributed by atoms with van der Waals surface area (Å²) in [5.74, 6) is -3.20. The van der Waals surface area contributed by atoms with Crippen molar-refractivity contribution in [1.29, 1.82) is 0 Å². The zero-order valence-electron chi connectivity index (χ0n) is 18.1. The molecule has 3 aromatic rings. The quantitative estimate of drug-likeness (QED) is 0.318. The van der Waals surface area contributed by atoms with Gasteiger partial charge < -0.3 is 4.90 Å². The molecular formula is C27H17BrClFN2O3. The molecule has 0 spiro atoms. The predicted octanol–water partition coefficient (Wildman–Crippen LogP) is 5.51. The first-order valence-corrected chi connectivity index (χ1v) is 12.2. The second kappa shape index (κ2) is 8.14. The van der Waals surface area contributed by atoms with Crippen LogP contribution in [0.4, 0.5) is 15.8 Å². The van der Waals surface area contributed by atoms with Crippen LogP contribution in [0.25, 0.3) is 6.08 Å². The fraction of sp³-hybridized carbons (Fsp3) is 0.148. The summed E-state index contributed by atoms with van der Waals surface area (Å²) in [6, 6.07) is 16.2. The molecule has 174 valence electrons. The molecule has 6 rings (SSSR count). The second-order valence-corrected chi connectivity index (χ2v) is 10.2. The molecule has 2 saturated heterocycles. The van der Waals surface area contributed by atoms with Crippen molar-refractivity contribution in [3.05, 3.63) is 99.2 Å². The number of amides is 2. The van der Waals surface area contributed by atoms with Crippen molar-refractivity contribution in [2.45, 2.75) is 12.1 Å². The molecule has 8 heteroatoms. The van der Waals surface area contributed by atoms with E-state index < -0.39 is 41.6 Å². The number of anilines is 2. The average Bonchev–Trinajstić information content (AvgIpc) is 3.32. The van der Waals surface area contributed by atoms with Gasteiger partial charge in [0.1, 0.15) is 11.9 Å². The summed E-state index contributed by atoms with van der Waals surface area (Å²) in [4.78, 5) is 44.4. The Hall–Kier alpha value is -3.29. The molecule has 5 nitrogen and oxygen atoms in total. The molecule has 0 saturated carbocycles. The van der Waals surface area contributed by atoms with Crippen LogP contribution < -0.4 is 9.80 Å². The number of benzene rings is 3. The predicted molar refractivity (Wildman–Crippen MR) is 135 cm³/mol. The Balaban J connectivity index is 1.49. The molecule has 3 heterocycles. The maximum atomic E-state index is 13.9. The lowest BCUT2D eigenvalue weighted by Gasteiger charge is -2.36. The first-order valence-electron chi connectivity index (χ1n) is 11.0. The summed E-state index contributed by atoms with van der Waals surface area (Å²) in [7, 11) is 0. The molecule has 0 aromatic heterocycles. The van der Waals surface area contributed by atoms with Crippen LogP contribution in [0, 0.1) is 17.7 Å². The third-order valence-electron chi connectivity index (χ3n) is 6.95. The van der Waals surface area contributed by atoms with Gasteiger partial charge in [0.25, 0.3) is 0 Å². The zero-order chi connectivity index (χ0) is 24.4. The lowest BCUT2D eigenvalue weighted by Crippen LogP contribution is -2.48. The third kappa shape index (κ3) is 3.37. The highest BCUT2D eigenvalue weighted by Crippen LogP contribution is 2.50. The van der Waals surface area contributed by atoms with Crippen molar-refractivity contribution in [2.75, 3.05) is 9.80 Å². The fourth-order valence-electron chi connectivity index (χ4n) is 5.47. The van der Waals surface area contributed by atoms with Gasteiger partial charge >= 0.3 is 0 Å². The van der Waals surface area contributed by atoms with E-state index in [9.17, 15) is 18.8 Å². The summed E-state index contributed by atoms with van der Waals surface area (Å²) in [5.41, 5.74) is 2.31. The highest BCUT2D eigenvalue weighted by Gasteiger charge is 2.64. The van der Waals surface area contributed by atoms with Gasteiger partial charge in [0.05, 0.1) is 23.6 Å². The molecule has 2 amide bonds. The molecule has 4 atom stereocenters. The van der Waals surface area contributed by atoms with E-state index in [1.165, 1.54) is 24.3 Å². The van der Waals surface area contributed by atoms with Crippen molar-refractivity contribution in [3.63, 3.8) is 0 Å². The first kappa shape index (κ1) is 22.2. The van der Waals surface area contributed by atoms with Crippen molar-refractivity contribution in [3.8, 4) is 0 Å². The summed E-state index contributed by atoms with van der Waals surface area (Å²) in [6.07, 6.45) is 3.74. The maximum Gasteiger partial charge on any atom is 0.240 e. The summed E-state index contributed by atoms with van der Waals surface area (Å²) in [5, 5.41) is 0.552. The Kier molecular flexibility index (Phi) is 5.16. The number of fused-ring (bicyclic) bond motifs is 5. The Labute approximate surface area is 213 Å². The third-order valence-corrected chi connectivity index (χ3v) is 7.71. The van der Waals surface area contributed by atoms with E-state index in [1.54, 1.807) is 36.4 Å². The molecular weight excluding hydrogens is 535 g/mol. The minimum atomic E-state index is -0.891. The molecule has 0 unspecified atom stereocenters. The number of halogens is 3. The van der Waals surface area contributed by atoms with E-state index in [4.69, 9.17) is 11.6 Å². The number of Topliss-reactive ketones (excluding diaryl/α,β-unsaturated/α-hetero) is 1. The van der Waals surface area contributed by atoms with Crippen molar-refractivity contribution < 1.29 is 18.8 Å². The SMILES string of the molecule is O=C(c1ccc(Br)cc1)[C@@H]1[C@@H]2C(=O)N(c3ccc(F)cc3)C(=O)[C@@H]2[C@@H]2C=Cc3cc(Cl)ccc3N12. The maximum absolute atomic E-state index is 13.9. The van der Waals surface area contributed by atoms with Gasteiger partial charge in [-0.15, -0.1) is 0 Å². The van der Waals surface area contributed by atoms with Crippen LogP contribution in [0.3, 0.4) is 0 Å². The minimum absolute atomic E-state index is 0.242. The number of carbonyl (C=O) groups is 3. The van der Waals surface area contributed by atoms with Gasteiger partial charge in [0, 0.05) is 20.7 Å². The second-order valence-electron chi connectivity index (χ2n) is 8.82. The van der Waals surface area contributed by atoms with Crippen LogP contribution >= 0.6 is 27.5 Å². The molecule has 2 fully saturated rings. The number of ketones is 1. The zero-order valence-corrected chi connectivity index (χ0v) is 20.4. The normalized spacial score (nSPS) is 24.4. The molecule has 0 aliphatic carbocycles. The smallest absolute Gasteiger partial charge is 0.240 e. The molecule has 0 bridgehead atoms. The lowest BCUT2D eigenvalue weighted by atomic mass is 9.86. The average molecular weight is 552 g/mol. The fourth-order valence-corrected chi connectivity index (χ4v) is 5.92. The number of hydrogen-bond donors (Lipinski definition) is 0. The van der Waals surface area contributed by atoms with Crippen LogP contribution in [0.15, 0.2) is 77.3 Å². The van der Waals surface area contributed by atoms with Crippen molar-refractivity contribution >= 4 is 62.6 Å². The van der Waals surface area contributed by atoms with Gasteiger partial charge in [-0.3, -0.25) is 14.4 Å². The van der Waals surface area contributed by atoms with E-state index in [2.05, 4.69) is 15.9 Å². The van der Waals surface area contributed by atoms with Crippen LogP contribution in [0.2, 0.25) is 5.02 Å². The number of imide groups is 1.